The van der Waals surface area contributed by atoms with E-state index in [1.807, 2.05) is 37.3 Å². The maximum Gasteiger partial charge on any atom is 0.309 e. The highest BCUT2D eigenvalue weighted by Crippen LogP contribution is 2.18. The lowest BCUT2D eigenvalue weighted by Crippen LogP contribution is -2.04. The molecule has 2 rings (SSSR count). The highest BCUT2D eigenvalue weighted by molar-refractivity contribution is 5.81. The second-order valence-corrected chi connectivity index (χ2v) is 3.86. The molecule has 0 aliphatic heterocycles. The molecule has 0 spiro atoms. The van der Waals surface area contributed by atoms with E-state index < -0.39 is 0 Å². The van der Waals surface area contributed by atoms with E-state index in [1.165, 1.54) is 7.11 Å². The van der Waals surface area contributed by atoms with E-state index in [1.54, 1.807) is 0 Å². The lowest BCUT2D eigenvalue weighted by Gasteiger charge is -2.05. The minimum Gasteiger partial charge on any atom is -0.478 e. The Balaban J connectivity index is 2.29. The van der Waals surface area contributed by atoms with E-state index in [2.05, 4.69) is 9.72 Å². The highest BCUT2D eigenvalue weighted by atomic mass is 16.5. The molecule has 0 saturated carbocycles. The first-order valence-electron chi connectivity index (χ1n) is 5.82. The monoisotopic (exact) mass is 245 g/mol. The predicted octanol–water partition coefficient (Wildman–Crippen LogP) is 2.35. The Kier molecular flexibility index (Phi) is 3.77. The molecule has 0 aliphatic rings. The van der Waals surface area contributed by atoms with Crippen molar-refractivity contribution >= 4 is 16.9 Å². The number of hydrogen-bond acceptors (Lipinski definition) is 4. The maximum absolute atomic E-state index is 11.2. The maximum atomic E-state index is 11.2. The average molecular weight is 245 g/mol. The highest BCUT2D eigenvalue weighted by Gasteiger charge is 2.05. The van der Waals surface area contributed by atoms with Gasteiger partial charge in [0.15, 0.2) is 0 Å². The number of hydrogen-bond donors (Lipinski definition) is 0. The number of benzene rings is 1. The van der Waals surface area contributed by atoms with Crippen LogP contribution < -0.4 is 4.74 Å². The Bertz CT molecular complexity index is 566. The van der Waals surface area contributed by atoms with Crippen LogP contribution in [0.1, 0.15) is 12.5 Å². The van der Waals surface area contributed by atoms with Crippen LogP contribution in [0.2, 0.25) is 0 Å². The summed E-state index contributed by atoms with van der Waals surface area (Å²) < 4.78 is 9.98. The number of aromatic nitrogens is 1. The Morgan fingerprint density at radius 1 is 1.28 bits per heavy atom. The smallest absolute Gasteiger partial charge is 0.309 e. The lowest BCUT2D eigenvalue weighted by molar-refractivity contribution is -0.139. The molecule has 18 heavy (non-hydrogen) atoms. The quantitative estimate of drug-likeness (QED) is 0.776. The summed E-state index contributed by atoms with van der Waals surface area (Å²) in [6, 6.07) is 9.47. The van der Waals surface area contributed by atoms with Crippen LogP contribution in [-0.2, 0) is 16.0 Å². The van der Waals surface area contributed by atoms with Crippen molar-refractivity contribution in [1.29, 1.82) is 0 Å². The van der Waals surface area contributed by atoms with Crippen LogP contribution in [0.3, 0.4) is 0 Å². The van der Waals surface area contributed by atoms with Crippen molar-refractivity contribution in [2.45, 2.75) is 13.3 Å². The predicted molar refractivity (Wildman–Crippen MR) is 68.6 cm³/mol. The number of ether oxygens (including phenoxy) is 2. The summed E-state index contributed by atoms with van der Waals surface area (Å²) in [5, 5.41) is 0.986. The SMILES string of the molecule is CCOc1ccc2cc(CC(=O)OC)ccc2n1. The van der Waals surface area contributed by atoms with Gasteiger partial charge in [0, 0.05) is 11.5 Å². The molecule has 0 N–H and O–H groups in total. The molecule has 0 aliphatic carbocycles. The van der Waals surface area contributed by atoms with Crippen molar-refractivity contribution in [2.75, 3.05) is 13.7 Å². The van der Waals surface area contributed by atoms with Gasteiger partial charge in [0.05, 0.1) is 25.7 Å². The first kappa shape index (κ1) is 12.4. The molecular weight excluding hydrogens is 230 g/mol. The van der Waals surface area contributed by atoms with Crippen LogP contribution in [0.25, 0.3) is 10.9 Å². The van der Waals surface area contributed by atoms with Gasteiger partial charge in [-0.05, 0) is 30.7 Å². The van der Waals surface area contributed by atoms with E-state index >= 15 is 0 Å². The summed E-state index contributed by atoms with van der Waals surface area (Å²) in [7, 11) is 1.39. The number of esters is 1. The summed E-state index contributed by atoms with van der Waals surface area (Å²) in [6.07, 6.45) is 0.277. The van der Waals surface area contributed by atoms with E-state index in [4.69, 9.17) is 4.74 Å². The third-order valence-electron chi connectivity index (χ3n) is 2.60. The van der Waals surface area contributed by atoms with Crippen LogP contribution in [0, 0.1) is 0 Å². The molecule has 1 heterocycles. The molecule has 0 bridgehead atoms. The molecule has 0 fully saturated rings. The first-order valence-corrected chi connectivity index (χ1v) is 5.82. The van der Waals surface area contributed by atoms with Gasteiger partial charge in [-0.3, -0.25) is 4.79 Å². The lowest BCUT2D eigenvalue weighted by atomic mass is 10.1. The number of carbonyl (C=O) groups excluding carboxylic acids is 1. The van der Waals surface area contributed by atoms with Crippen LogP contribution in [0.5, 0.6) is 5.88 Å². The molecule has 4 heteroatoms. The summed E-state index contributed by atoms with van der Waals surface area (Å²) in [5.74, 6) is 0.374. The number of fused-ring (bicyclic) bond motifs is 1. The number of pyridine rings is 1. The van der Waals surface area contributed by atoms with Gasteiger partial charge in [0.25, 0.3) is 0 Å². The molecule has 0 atom stereocenters. The number of rotatable bonds is 4. The Morgan fingerprint density at radius 3 is 2.83 bits per heavy atom. The van der Waals surface area contributed by atoms with Crippen molar-refractivity contribution in [3.63, 3.8) is 0 Å². The summed E-state index contributed by atoms with van der Waals surface area (Å²) >= 11 is 0. The van der Waals surface area contributed by atoms with Gasteiger partial charge in [-0.2, -0.15) is 0 Å². The topological polar surface area (TPSA) is 48.4 Å². The van der Waals surface area contributed by atoms with Gasteiger partial charge >= 0.3 is 5.97 Å². The molecule has 1 aromatic heterocycles. The largest absolute Gasteiger partial charge is 0.478 e. The van der Waals surface area contributed by atoms with Crippen LogP contribution in [0.15, 0.2) is 30.3 Å². The molecule has 0 radical (unpaired) electrons. The molecular formula is C14H15NO3. The minimum atomic E-state index is -0.242. The fourth-order valence-electron chi connectivity index (χ4n) is 1.73. The molecule has 2 aromatic rings. The summed E-state index contributed by atoms with van der Waals surface area (Å²) in [6.45, 7) is 2.52. The van der Waals surface area contributed by atoms with Gasteiger partial charge in [0.2, 0.25) is 5.88 Å². The third-order valence-corrected chi connectivity index (χ3v) is 2.60. The van der Waals surface area contributed by atoms with Gasteiger partial charge in [-0.15, -0.1) is 0 Å². The van der Waals surface area contributed by atoms with Crippen LogP contribution >= 0.6 is 0 Å². The minimum absolute atomic E-state index is 0.242. The zero-order valence-electron chi connectivity index (χ0n) is 10.5. The summed E-state index contributed by atoms with van der Waals surface area (Å²) in [4.78, 5) is 15.6. The van der Waals surface area contributed by atoms with E-state index in [0.717, 1.165) is 16.5 Å². The zero-order valence-corrected chi connectivity index (χ0v) is 10.5. The van der Waals surface area contributed by atoms with Crippen molar-refractivity contribution in [3.05, 3.63) is 35.9 Å². The van der Waals surface area contributed by atoms with Gasteiger partial charge in [0.1, 0.15) is 0 Å². The molecule has 0 unspecified atom stereocenters. The van der Waals surface area contributed by atoms with E-state index in [0.29, 0.717) is 12.5 Å². The molecule has 0 amide bonds. The van der Waals surface area contributed by atoms with Crippen LogP contribution in [-0.4, -0.2) is 24.7 Å². The molecule has 1 aromatic carbocycles. The van der Waals surface area contributed by atoms with Gasteiger partial charge in [-0.25, -0.2) is 4.98 Å². The van der Waals surface area contributed by atoms with Crippen molar-refractivity contribution in [2.24, 2.45) is 0 Å². The van der Waals surface area contributed by atoms with E-state index in [9.17, 15) is 4.79 Å². The second-order valence-electron chi connectivity index (χ2n) is 3.86. The molecule has 4 nitrogen and oxygen atoms in total. The zero-order chi connectivity index (χ0) is 13.0. The van der Waals surface area contributed by atoms with Gasteiger partial charge in [-0.1, -0.05) is 6.07 Å². The van der Waals surface area contributed by atoms with Crippen molar-refractivity contribution in [1.82, 2.24) is 4.98 Å². The Morgan fingerprint density at radius 2 is 2.11 bits per heavy atom. The number of nitrogens with zero attached hydrogens (tertiary/aromatic N) is 1. The number of methoxy groups -OCH3 is 1. The van der Waals surface area contributed by atoms with Crippen molar-refractivity contribution in [3.8, 4) is 5.88 Å². The van der Waals surface area contributed by atoms with Crippen molar-refractivity contribution < 1.29 is 14.3 Å². The normalized spacial score (nSPS) is 10.3. The number of carbonyl (C=O) groups is 1. The van der Waals surface area contributed by atoms with Crippen LogP contribution in [0.4, 0.5) is 0 Å². The fraction of sp³-hybridized carbons (Fsp3) is 0.286. The van der Waals surface area contributed by atoms with E-state index in [-0.39, 0.29) is 12.4 Å². The summed E-state index contributed by atoms with van der Waals surface area (Å²) in [5.41, 5.74) is 1.77. The standard InChI is InChI=1S/C14H15NO3/c1-3-18-13-7-5-11-8-10(9-14(16)17-2)4-6-12(11)15-13/h4-8H,3,9H2,1-2H3. The Hall–Kier alpha value is -2.10. The first-order chi connectivity index (χ1) is 8.72. The average Bonchev–Trinajstić information content (AvgIpc) is 2.39. The third kappa shape index (κ3) is 2.77. The molecule has 94 valence electrons. The molecule has 0 saturated heterocycles. The van der Waals surface area contributed by atoms with Gasteiger partial charge < -0.3 is 9.47 Å². The second kappa shape index (κ2) is 5.49. The Labute approximate surface area is 106 Å². The fourth-order valence-corrected chi connectivity index (χ4v) is 1.73.